The fourth-order valence-electron chi connectivity index (χ4n) is 4.02. The normalized spacial score (nSPS) is 13.0. The van der Waals surface area contributed by atoms with E-state index >= 15 is 0 Å². The van der Waals surface area contributed by atoms with Gasteiger partial charge in [0.15, 0.2) is 5.79 Å². The highest BCUT2D eigenvalue weighted by atomic mass is 19.1. The third-order valence-electron chi connectivity index (χ3n) is 6.12. The first-order valence-corrected chi connectivity index (χ1v) is 11.4. The average molecular weight is 395 g/mol. The third-order valence-corrected chi connectivity index (χ3v) is 6.12. The van der Waals surface area contributed by atoms with E-state index in [0.29, 0.717) is 5.92 Å². The summed E-state index contributed by atoms with van der Waals surface area (Å²) in [5, 5.41) is 0. The van der Waals surface area contributed by atoms with Gasteiger partial charge in [-0.2, -0.15) is 0 Å². The van der Waals surface area contributed by atoms with E-state index in [0.717, 1.165) is 24.8 Å². The van der Waals surface area contributed by atoms with Crippen molar-refractivity contribution >= 4 is 0 Å². The molecule has 0 amide bonds. The summed E-state index contributed by atoms with van der Waals surface area (Å²) in [6.07, 6.45) is 15.9. The summed E-state index contributed by atoms with van der Waals surface area (Å²) in [7, 11) is 3.52. The Labute approximate surface area is 173 Å². The molecule has 0 aromatic heterocycles. The van der Waals surface area contributed by atoms with Gasteiger partial charge in [0.05, 0.1) is 0 Å². The van der Waals surface area contributed by atoms with Gasteiger partial charge in [-0.15, -0.1) is 0 Å². The van der Waals surface area contributed by atoms with Crippen molar-refractivity contribution in [3.8, 4) is 0 Å². The highest BCUT2D eigenvalue weighted by molar-refractivity contribution is 5.16. The van der Waals surface area contributed by atoms with Crippen molar-refractivity contribution in [2.75, 3.05) is 14.2 Å². The molecule has 1 aromatic rings. The van der Waals surface area contributed by atoms with Gasteiger partial charge in [0.2, 0.25) is 0 Å². The first-order valence-electron chi connectivity index (χ1n) is 11.4. The Morgan fingerprint density at radius 3 is 2.00 bits per heavy atom. The minimum absolute atomic E-state index is 0.131. The van der Waals surface area contributed by atoms with Crippen molar-refractivity contribution in [1.29, 1.82) is 0 Å². The number of halogens is 1. The number of methoxy groups -OCH3 is 2. The summed E-state index contributed by atoms with van der Waals surface area (Å²) in [5.74, 6) is -0.171. The maximum absolute atomic E-state index is 13.2. The van der Waals surface area contributed by atoms with Crippen LogP contribution in [0.25, 0.3) is 0 Å². The molecule has 0 spiro atoms. The number of aryl methyl sites for hydroxylation is 1. The second kappa shape index (κ2) is 15.0. The topological polar surface area (TPSA) is 18.5 Å². The Hall–Kier alpha value is -0.930. The minimum atomic E-state index is -0.481. The number of unbranched alkanes of at least 4 members (excludes halogenated alkanes) is 8. The molecule has 28 heavy (non-hydrogen) atoms. The van der Waals surface area contributed by atoms with Crippen molar-refractivity contribution in [2.24, 2.45) is 5.92 Å². The number of ether oxygens (including phenoxy) is 2. The van der Waals surface area contributed by atoms with Crippen LogP contribution in [-0.2, 0) is 15.9 Å². The standard InChI is InChI=1S/C25H43FO2/c1-5-6-7-8-9-13-18-23(25(2,27-3)28-4)19-14-11-10-12-16-22-17-15-20-24(26)21-22/h15,17,20-21,23H,5-14,16,18-19H2,1-4H3. The van der Waals surface area contributed by atoms with E-state index in [4.69, 9.17) is 9.47 Å². The second-order valence-electron chi connectivity index (χ2n) is 8.26. The molecule has 2 nitrogen and oxygen atoms in total. The van der Waals surface area contributed by atoms with Crippen molar-refractivity contribution in [3.63, 3.8) is 0 Å². The van der Waals surface area contributed by atoms with Gasteiger partial charge in [-0.1, -0.05) is 76.8 Å². The molecule has 0 saturated heterocycles. The van der Waals surface area contributed by atoms with E-state index in [1.165, 1.54) is 70.3 Å². The van der Waals surface area contributed by atoms with Crippen LogP contribution < -0.4 is 0 Å². The van der Waals surface area contributed by atoms with Crippen LogP contribution in [0.4, 0.5) is 4.39 Å². The zero-order valence-electron chi connectivity index (χ0n) is 18.8. The van der Waals surface area contributed by atoms with Crippen LogP contribution in [0.2, 0.25) is 0 Å². The maximum Gasteiger partial charge on any atom is 0.167 e. The lowest BCUT2D eigenvalue weighted by Crippen LogP contribution is -2.39. The molecule has 3 heteroatoms. The highest BCUT2D eigenvalue weighted by Crippen LogP contribution is 2.32. The molecule has 162 valence electrons. The van der Waals surface area contributed by atoms with Gasteiger partial charge in [0.1, 0.15) is 5.82 Å². The summed E-state index contributed by atoms with van der Waals surface area (Å²) in [5.41, 5.74) is 1.10. The van der Waals surface area contributed by atoms with E-state index in [2.05, 4.69) is 13.8 Å². The summed E-state index contributed by atoms with van der Waals surface area (Å²) in [6.45, 7) is 4.34. The lowest BCUT2D eigenvalue weighted by Gasteiger charge is -2.35. The zero-order valence-corrected chi connectivity index (χ0v) is 18.8. The van der Waals surface area contributed by atoms with E-state index in [1.807, 2.05) is 6.07 Å². The van der Waals surface area contributed by atoms with Crippen LogP contribution in [0, 0.1) is 11.7 Å². The SMILES string of the molecule is CCCCCCCCC(CCCCCCc1cccc(F)c1)C(C)(OC)OC. The third kappa shape index (κ3) is 10.0. The first-order chi connectivity index (χ1) is 13.6. The average Bonchev–Trinajstić information content (AvgIpc) is 2.71. The molecule has 1 aromatic carbocycles. The van der Waals surface area contributed by atoms with Crippen LogP contribution in [0.3, 0.4) is 0 Å². The Morgan fingerprint density at radius 2 is 1.43 bits per heavy atom. The molecule has 0 bridgehead atoms. The van der Waals surface area contributed by atoms with Crippen molar-refractivity contribution < 1.29 is 13.9 Å². The molecule has 1 atom stereocenters. The molecule has 1 rings (SSSR count). The molecule has 0 heterocycles. The second-order valence-corrected chi connectivity index (χ2v) is 8.26. The lowest BCUT2D eigenvalue weighted by molar-refractivity contribution is -0.230. The zero-order chi connectivity index (χ0) is 20.7. The predicted octanol–water partition coefficient (Wildman–Crippen LogP) is 7.69. The number of rotatable bonds is 17. The quantitative estimate of drug-likeness (QED) is 0.199. The maximum atomic E-state index is 13.2. The molecule has 1 unspecified atom stereocenters. The smallest absolute Gasteiger partial charge is 0.167 e. The van der Waals surface area contributed by atoms with Gasteiger partial charge < -0.3 is 9.47 Å². The van der Waals surface area contributed by atoms with Gasteiger partial charge in [0, 0.05) is 20.1 Å². The van der Waals surface area contributed by atoms with Gasteiger partial charge in [-0.25, -0.2) is 4.39 Å². The molecule has 0 aliphatic carbocycles. The molecule has 0 N–H and O–H groups in total. The van der Waals surface area contributed by atoms with Crippen LogP contribution in [-0.4, -0.2) is 20.0 Å². The fourth-order valence-corrected chi connectivity index (χ4v) is 4.02. The minimum Gasteiger partial charge on any atom is -0.353 e. The summed E-state index contributed by atoms with van der Waals surface area (Å²) in [4.78, 5) is 0. The van der Waals surface area contributed by atoms with Crippen molar-refractivity contribution in [2.45, 2.75) is 103 Å². The molecule has 0 aliphatic heterocycles. The first kappa shape index (κ1) is 25.1. The lowest BCUT2D eigenvalue weighted by atomic mass is 9.87. The van der Waals surface area contributed by atoms with E-state index in [9.17, 15) is 4.39 Å². The Morgan fingerprint density at radius 1 is 0.857 bits per heavy atom. The van der Waals surface area contributed by atoms with Crippen LogP contribution in [0.1, 0.15) is 96.5 Å². The van der Waals surface area contributed by atoms with E-state index in [-0.39, 0.29) is 5.82 Å². The highest BCUT2D eigenvalue weighted by Gasteiger charge is 2.33. The largest absolute Gasteiger partial charge is 0.353 e. The Bertz CT molecular complexity index is 499. The molecule has 0 fully saturated rings. The van der Waals surface area contributed by atoms with E-state index < -0.39 is 5.79 Å². The van der Waals surface area contributed by atoms with Gasteiger partial charge in [-0.05, 0) is 50.3 Å². The van der Waals surface area contributed by atoms with E-state index in [1.54, 1.807) is 26.4 Å². The van der Waals surface area contributed by atoms with Gasteiger partial charge >= 0.3 is 0 Å². The predicted molar refractivity (Wildman–Crippen MR) is 117 cm³/mol. The van der Waals surface area contributed by atoms with Gasteiger partial charge in [0.25, 0.3) is 0 Å². The summed E-state index contributed by atoms with van der Waals surface area (Å²) >= 11 is 0. The molecular weight excluding hydrogens is 351 g/mol. The summed E-state index contributed by atoms with van der Waals surface area (Å²) in [6, 6.07) is 6.98. The Kier molecular flexibility index (Phi) is 13.4. The molecule has 0 saturated carbocycles. The number of benzene rings is 1. The van der Waals surface area contributed by atoms with Crippen LogP contribution >= 0.6 is 0 Å². The molecule has 0 aliphatic rings. The fraction of sp³-hybridized carbons (Fsp3) is 0.760. The molecular formula is C25H43FO2. The molecule has 0 radical (unpaired) electrons. The summed E-state index contributed by atoms with van der Waals surface area (Å²) < 4.78 is 24.7. The van der Waals surface area contributed by atoms with Crippen LogP contribution in [0.15, 0.2) is 24.3 Å². The van der Waals surface area contributed by atoms with Gasteiger partial charge in [-0.3, -0.25) is 0 Å². The van der Waals surface area contributed by atoms with Crippen molar-refractivity contribution in [3.05, 3.63) is 35.6 Å². The monoisotopic (exact) mass is 394 g/mol. The van der Waals surface area contributed by atoms with Crippen molar-refractivity contribution in [1.82, 2.24) is 0 Å². The number of hydrogen-bond donors (Lipinski definition) is 0. The Balaban J connectivity index is 2.29. The number of hydrogen-bond acceptors (Lipinski definition) is 2. The van der Waals surface area contributed by atoms with Crippen LogP contribution in [0.5, 0.6) is 0 Å².